The monoisotopic (exact) mass is 377 g/mol. The summed E-state index contributed by atoms with van der Waals surface area (Å²) in [5, 5.41) is 0. The molecule has 2 rings (SSSR count). The molecule has 6 heteroatoms. The molecule has 1 aliphatic heterocycles. The van der Waals surface area contributed by atoms with E-state index in [9.17, 15) is 9.59 Å². The van der Waals surface area contributed by atoms with Crippen LogP contribution in [0.25, 0.3) is 0 Å². The highest BCUT2D eigenvalue weighted by Gasteiger charge is 2.38. The molecule has 0 saturated carbocycles. The lowest BCUT2D eigenvalue weighted by Gasteiger charge is -2.28. The van der Waals surface area contributed by atoms with Gasteiger partial charge in [-0.1, -0.05) is 30.3 Å². The molecular weight excluding hydrogens is 346 g/mol. The number of ether oxygens (including phenoxy) is 3. The molecule has 1 aromatic rings. The number of carbonyl (C=O) groups excluding carboxylic acids is 2. The third-order valence-electron chi connectivity index (χ3n) is 4.31. The SMILES string of the molecule is CCOC(=O)CC1C[C@@H](COCc2ccccc2)N(C(=O)OC(C)(C)C)C1. The van der Waals surface area contributed by atoms with Gasteiger partial charge in [-0.25, -0.2) is 4.79 Å². The molecule has 1 unspecified atom stereocenters. The molecule has 0 N–H and O–H groups in total. The van der Waals surface area contributed by atoms with E-state index >= 15 is 0 Å². The van der Waals surface area contributed by atoms with Crippen LogP contribution >= 0.6 is 0 Å². The quantitative estimate of drug-likeness (QED) is 0.677. The first-order chi connectivity index (χ1) is 12.8. The normalized spacial score (nSPS) is 19.8. The number of hydrogen-bond donors (Lipinski definition) is 0. The van der Waals surface area contributed by atoms with E-state index in [4.69, 9.17) is 14.2 Å². The van der Waals surface area contributed by atoms with Gasteiger partial charge < -0.3 is 19.1 Å². The van der Waals surface area contributed by atoms with Crippen molar-refractivity contribution in [1.29, 1.82) is 0 Å². The Kier molecular flexibility index (Phi) is 7.66. The minimum Gasteiger partial charge on any atom is -0.466 e. The molecule has 27 heavy (non-hydrogen) atoms. The highest BCUT2D eigenvalue weighted by molar-refractivity contribution is 5.71. The van der Waals surface area contributed by atoms with Crippen molar-refractivity contribution < 1.29 is 23.8 Å². The molecule has 0 bridgehead atoms. The van der Waals surface area contributed by atoms with Gasteiger partial charge in [0.1, 0.15) is 5.60 Å². The zero-order valence-corrected chi connectivity index (χ0v) is 16.8. The first kappa shape index (κ1) is 21.2. The summed E-state index contributed by atoms with van der Waals surface area (Å²) in [5.74, 6) is -0.167. The van der Waals surface area contributed by atoms with E-state index in [1.54, 1.807) is 11.8 Å². The summed E-state index contributed by atoms with van der Waals surface area (Å²) >= 11 is 0. The second-order valence-electron chi connectivity index (χ2n) is 7.90. The van der Waals surface area contributed by atoms with E-state index < -0.39 is 5.60 Å². The lowest BCUT2D eigenvalue weighted by molar-refractivity contribution is -0.144. The largest absolute Gasteiger partial charge is 0.466 e. The molecular formula is C21H31NO5. The first-order valence-corrected chi connectivity index (χ1v) is 9.55. The highest BCUT2D eigenvalue weighted by atomic mass is 16.6. The minimum absolute atomic E-state index is 0.0573. The van der Waals surface area contributed by atoms with Crippen molar-refractivity contribution in [1.82, 2.24) is 4.90 Å². The number of likely N-dealkylation sites (tertiary alicyclic amines) is 1. The van der Waals surface area contributed by atoms with Crippen molar-refractivity contribution in [3.8, 4) is 0 Å². The number of rotatable bonds is 7. The Morgan fingerprint density at radius 2 is 1.89 bits per heavy atom. The van der Waals surface area contributed by atoms with E-state index in [1.807, 2.05) is 51.1 Å². The van der Waals surface area contributed by atoms with Gasteiger partial charge in [0.2, 0.25) is 0 Å². The van der Waals surface area contributed by atoms with Crippen LogP contribution in [0, 0.1) is 5.92 Å². The van der Waals surface area contributed by atoms with Gasteiger partial charge in [0, 0.05) is 6.54 Å². The van der Waals surface area contributed by atoms with E-state index in [2.05, 4.69) is 0 Å². The van der Waals surface area contributed by atoms with Gasteiger partial charge in [0.15, 0.2) is 0 Å². The molecule has 150 valence electrons. The molecule has 1 aliphatic rings. The van der Waals surface area contributed by atoms with Gasteiger partial charge in [-0.2, -0.15) is 0 Å². The Hall–Kier alpha value is -2.08. The molecule has 1 aromatic carbocycles. The van der Waals surface area contributed by atoms with Crippen molar-refractivity contribution >= 4 is 12.1 Å². The molecule has 0 radical (unpaired) electrons. The summed E-state index contributed by atoms with van der Waals surface area (Å²) in [5.41, 5.74) is 0.522. The smallest absolute Gasteiger partial charge is 0.410 e. The fourth-order valence-electron chi connectivity index (χ4n) is 3.21. The van der Waals surface area contributed by atoms with Crippen LogP contribution in [-0.2, 0) is 25.6 Å². The zero-order valence-electron chi connectivity index (χ0n) is 16.8. The number of esters is 1. The van der Waals surface area contributed by atoms with E-state index in [0.29, 0.717) is 39.2 Å². The van der Waals surface area contributed by atoms with Crippen LogP contribution in [0.15, 0.2) is 30.3 Å². The van der Waals surface area contributed by atoms with Gasteiger partial charge in [-0.05, 0) is 45.6 Å². The van der Waals surface area contributed by atoms with Gasteiger partial charge >= 0.3 is 12.1 Å². The molecule has 2 atom stereocenters. The zero-order chi connectivity index (χ0) is 19.9. The summed E-state index contributed by atoms with van der Waals surface area (Å²) in [6, 6.07) is 9.80. The summed E-state index contributed by atoms with van der Waals surface area (Å²) in [6.07, 6.45) is 0.650. The van der Waals surface area contributed by atoms with Crippen LogP contribution in [0.5, 0.6) is 0 Å². The Balaban J connectivity index is 1.95. The van der Waals surface area contributed by atoms with E-state index in [-0.39, 0.29) is 24.0 Å². The van der Waals surface area contributed by atoms with Crippen molar-refractivity contribution in [3.05, 3.63) is 35.9 Å². The van der Waals surface area contributed by atoms with Crippen LogP contribution in [0.3, 0.4) is 0 Å². The van der Waals surface area contributed by atoms with E-state index in [1.165, 1.54) is 0 Å². The van der Waals surface area contributed by atoms with Crippen LogP contribution in [0.1, 0.15) is 46.1 Å². The molecule has 1 saturated heterocycles. The molecule has 1 heterocycles. The van der Waals surface area contributed by atoms with Crippen LogP contribution in [-0.4, -0.2) is 48.4 Å². The highest BCUT2D eigenvalue weighted by Crippen LogP contribution is 2.28. The Morgan fingerprint density at radius 3 is 2.52 bits per heavy atom. The summed E-state index contributed by atoms with van der Waals surface area (Å²) in [6.45, 7) is 9.07. The summed E-state index contributed by atoms with van der Waals surface area (Å²) < 4.78 is 16.4. The topological polar surface area (TPSA) is 65.1 Å². The molecule has 1 amide bonds. The van der Waals surface area contributed by atoms with Crippen molar-refractivity contribution in [2.24, 2.45) is 5.92 Å². The van der Waals surface area contributed by atoms with Crippen LogP contribution in [0.2, 0.25) is 0 Å². The average Bonchev–Trinajstić information content (AvgIpc) is 2.97. The number of nitrogens with zero attached hydrogens (tertiary/aromatic N) is 1. The van der Waals surface area contributed by atoms with Gasteiger partial charge in [0.25, 0.3) is 0 Å². The standard InChI is InChI=1S/C21H31NO5/c1-5-26-19(23)12-17-11-18(15-25-14-16-9-7-6-8-10-16)22(13-17)20(24)27-21(2,3)4/h6-10,17-18H,5,11-15H2,1-4H3/t17?,18-/m0/s1. The van der Waals surface area contributed by atoms with Crippen LogP contribution in [0.4, 0.5) is 4.79 Å². The number of carbonyl (C=O) groups is 2. The first-order valence-electron chi connectivity index (χ1n) is 9.55. The maximum absolute atomic E-state index is 12.6. The Morgan fingerprint density at radius 1 is 1.19 bits per heavy atom. The van der Waals surface area contributed by atoms with Crippen LogP contribution < -0.4 is 0 Å². The summed E-state index contributed by atoms with van der Waals surface area (Å²) in [4.78, 5) is 26.1. The summed E-state index contributed by atoms with van der Waals surface area (Å²) in [7, 11) is 0. The number of amides is 1. The van der Waals surface area contributed by atoms with Gasteiger partial charge in [-0.15, -0.1) is 0 Å². The van der Waals surface area contributed by atoms with Gasteiger partial charge in [0.05, 0.1) is 32.3 Å². The Labute approximate surface area is 161 Å². The molecule has 6 nitrogen and oxygen atoms in total. The third kappa shape index (κ3) is 7.21. The molecule has 0 aliphatic carbocycles. The number of benzene rings is 1. The fraction of sp³-hybridized carbons (Fsp3) is 0.619. The third-order valence-corrected chi connectivity index (χ3v) is 4.31. The fourth-order valence-corrected chi connectivity index (χ4v) is 3.21. The molecule has 0 spiro atoms. The molecule has 0 aromatic heterocycles. The number of hydrogen-bond acceptors (Lipinski definition) is 5. The molecule has 1 fully saturated rings. The lowest BCUT2D eigenvalue weighted by atomic mass is 10.0. The van der Waals surface area contributed by atoms with Crippen molar-refractivity contribution in [2.75, 3.05) is 19.8 Å². The average molecular weight is 377 g/mol. The second-order valence-corrected chi connectivity index (χ2v) is 7.90. The lowest BCUT2D eigenvalue weighted by Crippen LogP contribution is -2.41. The minimum atomic E-state index is -0.564. The van der Waals surface area contributed by atoms with Crippen molar-refractivity contribution in [3.63, 3.8) is 0 Å². The maximum Gasteiger partial charge on any atom is 0.410 e. The van der Waals surface area contributed by atoms with E-state index in [0.717, 1.165) is 5.56 Å². The predicted octanol–water partition coefficient (Wildman–Crippen LogP) is 3.78. The Bertz CT molecular complexity index is 611. The van der Waals surface area contributed by atoms with Gasteiger partial charge in [-0.3, -0.25) is 4.79 Å². The predicted molar refractivity (Wildman–Crippen MR) is 102 cm³/mol. The second kappa shape index (κ2) is 9.74. The van der Waals surface area contributed by atoms with Crippen molar-refractivity contribution in [2.45, 2.75) is 58.8 Å². The maximum atomic E-state index is 12.6.